The molecule has 0 unspecified atom stereocenters. The maximum absolute atomic E-state index is 12.3. The van der Waals surface area contributed by atoms with Gasteiger partial charge in [0.2, 0.25) is 0 Å². The molecule has 2 aromatic rings. The van der Waals surface area contributed by atoms with Crippen molar-refractivity contribution in [2.75, 3.05) is 18.4 Å². The molecule has 2 amide bonds. The van der Waals surface area contributed by atoms with Crippen LogP contribution in [0, 0.1) is 10.1 Å². The van der Waals surface area contributed by atoms with Crippen LogP contribution in [0.15, 0.2) is 48.8 Å². The number of carbonyl (C=O) groups excluding carboxylic acids is 1. The zero-order chi connectivity index (χ0) is 17.6. The average molecular weight is 342 g/mol. The largest absolute Gasteiger partial charge is 0.490 e. The summed E-state index contributed by atoms with van der Waals surface area (Å²) < 4.78 is 5.90. The molecule has 1 aliphatic rings. The molecule has 8 nitrogen and oxygen atoms in total. The lowest BCUT2D eigenvalue weighted by atomic mass is 10.1. The molecular formula is C17H18N4O4. The Morgan fingerprint density at radius 1 is 1.24 bits per heavy atom. The highest BCUT2D eigenvalue weighted by Crippen LogP contribution is 2.23. The molecule has 0 saturated carbocycles. The lowest BCUT2D eigenvalue weighted by Crippen LogP contribution is -2.43. The summed E-state index contributed by atoms with van der Waals surface area (Å²) in [4.78, 5) is 28.1. The standard InChI is InChI=1S/C17H18N4O4/c22-17(19-15-6-9-18-12-16(15)21(23)24)20-10-7-14(8-11-20)25-13-4-2-1-3-5-13/h1-6,9,12,14H,7-8,10-11H2,(H,18,19,22). The number of nitro groups is 1. The van der Waals surface area contributed by atoms with Crippen molar-refractivity contribution in [3.63, 3.8) is 0 Å². The SMILES string of the molecule is O=C(Nc1ccncc1[N+](=O)[O-])N1CCC(Oc2ccccc2)CC1. The monoisotopic (exact) mass is 342 g/mol. The highest BCUT2D eigenvalue weighted by atomic mass is 16.6. The van der Waals surface area contributed by atoms with Gasteiger partial charge in [0.1, 0.15) is 23.7 Å². The number of rotatable bonds is 4. The number of para-hydroxylation sites is 1. The molecule has 1 saturated heterocycles. The number of likely N-dealkylation sites (tertiary alicyclic amines) is 1. The van der Waals surface area contributed by atoms with Gasteiger partial charge in [0.05, 0.1) is 4.92 Å². The van der Waals surface area contributed by atoms with E-state index in [1.807, 2.05) is 30.3 Å². The summed E-state index contributed by atoms with van der Waals surface area (Å²) in [5, 5.41) is 13.6. The number of nitrogens with one attached hydrogen (secondary N) is 1. The van der Waals surface area contributed by atoms with E-state index in [1.165, 1.54) is 12.3 Å². The molecule has 0 aliphatic carbocycles. The van der Waals surface area contributed by atoms with Crippen LogP contribution in [-0.2, 0) is 0 Å². The molecule has 3 rings (SSSR count). The zero-order valence-electron chi connectivity index (χ0n) is 13.5. The van der Waals surface area contributed by atoms with Crippen molar-refractivity contribution in [2.45, 2.75) is 18.9 Å². The highest BCUT2D eigenvalue weighted by molar-refractivity contribution is 5.91. The number of urea groups is 1. The van der Waals surface area contributed by atoms with Crippen LogP contribution in [0.5, 0.6) is 5.75 Å². The van der Waals surface area contributed by atoms with Gasteiger partial charge in [-0.25, -0.2) is 4.79 Å². The summed E-state index contributed by atoms with van der Waals surface area (Å²) in [6.07, 6.45) is 4.00. The van der Waals surface area contributed by atoms with Crippen molar-refractivity contribution in [1.82, 2.24) is 9.88 Å². The second kappa shape index (κ2) is 7.61. The number of benzene rings is 1. The first-order valence-electron chi connectivity index (χ1n) is 7.99. The number of nitrogens with zero attached hydrogens (tertiary/aromatic N) is 3. The average Bonchev–Trinajstić information content (AvgIpc) is 2.63. The predicted molar refractivity (Wildman–Crippen MR) is 91.6 cm³/mol. The smallest absolute Gasteiger partial charge is 0.322 e. The van der Waals surface area contributed by atoms with E-state index in [2.05, 4.69) is 10.3 Å². The van der Waals surface area contributed by atoms with E-state index in [-0.39, 0.29) is 23.5 Å². The third kappa shape index (κ3) is 4.23. The number of hydrogen-bond acceptors (Lipinski definition) is 5. The molecule has 130 valence electrons. The number of anilines is 1. The summed E-state index contributed by atoms with van der Waals surface area (Å²) in [7, 11) is 0. The summed E-state index contributed by atoms with van der Waals surface area (Å²) in [6.45, 7) is 1.06. The summed E-state index contributed by atoms with van der Waals surface area (Å²) in [5.41, 5.74) is -0.0780. The van der Waals surface area contributed by atoms with Crippen LogP contribution in [0.4, 0.5) is 16.2 Å². The maximum atomic E-state index is 12.3. The van der Waals surface area contributed by atoms with Gasteiger partial charge in [-0.2, -0.15) is 0 Å². The Bertz CT molecular complexity index is 745. The van der Waals surface area contributed by atoms with Crippen molar-refractivity contribution < 1.29 is 14.5 Å². The lowest BCUT2D eigenvalue weighted by molar-refractivity contribution is -0.384. The minimum absolute atomic E-state index is 0.0571. The Morgan fingerprint density at radius 3 is 2.64 bits per heavy atom. The fourth-order valence-electron chi connectivity index (χ4n) is 2.70. The third-order valence-corrected chi connectivity index (χ3v) is 4.01. The first kappa shape index (κ1) is 16.7. The van der Waals surface area contributed by atoms with E-state index >= 15 is 0 Å². The molecule has 1 aliphatic heterocycles. The molecule has 25 heavy (non-hydrogen) atoms. The second-order valence-electron chi connectivity index (χ2n) is 5.70. The number of hydrogen-bond donors (Lipinski definition) is 1. The van der Waals surface area contributed by atoms with Crippen molar-refractivity contribution in [1.29, 1.82) is 0 Å². The van der Waals surface area contributed by atoms with E-state index in [0.29, 0.717) is 25.9 Å². The Morgan fingerprint density at radius 2 is 1.96 bits per heavy atom. The number of ether oxygens (including phenoxy) is 1. The highest BCUT2D eigenvalue weighted by Gasteiger charge is 2.25. The molecule has 0 spiro atoms. The van der Waals surface area contributed by atoms with Crippen LogP contribution in [0.25, 0.3) is 0 Å². The minimum Gasteiger partial charge on any atom is -0.490 e. The first-order valence-corrected chi connectivity index (χ1v) is 7.99. The van der Waals surface area contributed by atoms with Crippen LogP contribution in [0.3, 0.4) is 0 Å². The molecule has 1 aromatic carbocycles. The zero-order valence-corrected chi connectivity index (χ0v) is 13.5. The molecule has 1 N–H and O–H groups in total. The topological polar surface area (TPSA) is 97.6 Å². The van der Waals surface area contributed by atoms with Crippen LogP contribution in [0.2, 0.25) is 0 Å². The molecule has 1 fully saturated rings. The molecule has 8 heteroatoms. The fourth-order valence-corrected chi connectivity index (χ4v) is 2.70. The third-order valence-electron chi connectivity index (χ3n) is 4.01. The van der Waals surface area contributed by atoms with Crippen LogP contribution >= 0.6 is 0 Å². The Labute approximate surface area is 144 Å². The van der Waals surface area contributed by atoms with E-state index in [9.17, 15) is 14.9 Å². The quantitative estimate of drug-likeness (QED) is 0.680. The summed E-state index contributed by atoms with van der Waals surface area (Å²) in [5.74, 6) is 0.817. The van der Waals surface area contributed by atoms with Crippen LogP contribution < -0.4 is 10.1 Å². The lowest BCUT2D eigenvalue weighted by Gasteiger charge is -2.32. The first-order chi connectivity index (χ1) is 12.1. The van der Waals surface area contributed by atoms with Gasteiger partial charge >= 0.3 is 11.7 Å². The van der Waals surface area contributed by atoms with E-state index in [4.69, 9.17) is 4.74 Å². The predicted octanol–water partition coefficient (Wildman–Crippen LogP) is 3.07. The van der Waals surface area contributed by atoms with Crippen molar-refractivity contribution in [3.05, 3.63) is 58.9 Å². The number of piperidine rings is 1. The van der Waals surface area contributed by atoms with Gasteiger partial charge in [-0.3, -0.25) is 15.1 Å². The Kier molecular flexibility index (Phi) is 5.08. The van der Waals surface area contributed by atoms with Gasteiger partial charge in [-0.1, -0.05) is 18.2 Å². The summed E-state index contributed by atoms with van der Waals surface area (Å²) in [6, 6.07) is 10.6. The van der Waals surface area contributed by atoms with Gasteiger partial charge in [0.25, 0.3) is 0 Å². The Hall–Kier alpha value is -3.16. The number of amides is 2. The Balaban J connectivity index is 1.54. The minimum atomic E-state index is -0.567. The van der Waals surface area contributed by atoms with E-state index in [0.717, 1.165) is 11.9 Å². The van der Waals surface area contributed by atoms with Gasteiger partial charge in [-0.05, 0) is 18.2 Å². The van der Waals surface area contributed by atoms with Gasteiger partial charge in [-0.15, -0.1) is 0 Å². The van der Waals surface area contributed by atoms with E-state index < -0.39 is 4.92 Å². The van der Waals surface area contributed by atoms with Gasteiger partial charge in [0.15, 0.2) is 0 Å². The number of aromatic nitrogens is 1. The summed E-state index contributed by atoms with van der Waals surface area (Å²) >= 11 is 0. The molecular weight excluding hydrogens is 324 g/mol. The molecule has 0 bridgehead atoms. The molecule has 2 heterocycles. The number of pyridine rings is 1. The van der Waals surface area contributed by atoms with Crippen LogP contribution in [-0.4, -0.2) is 40.0 Å². The van der Waals surface area contributed by atoms with Crippen LogP contribution in [0.1, 0.15) is 12.8 Å². The van der Waals surface area contributed by atoms with Crippen molar-refractivity contribution in [3.8, 4) is 5.75 Å². The van der Waals surface area contributed by atoms with Crippen molar-refractivity contribution in [2.24, 2.45) is 0 Å². The fraction of sp³-hybridized carbons (Fsp3) is 0.294. The second-order valence-corrected chi connectivity index (χ2v) is 5.70. The molecule has 1 aromatic heterocycles. The number of carbonyl (C=O) groups is 1. The van der Waals surface area contributed by atoms with Gasteiger partial charge < -0.3 is 15.0 Å². The van der Waals surface area contributed by atoms with Gasteiger partial charge in [0, 0.05) is 32.1 Å². The normalized spacial score (nSPS) is 14.8. The van der Waals surface area contributed by atoms with E-state index in [1.54, 1.807) is 4.90 Å². The van der Waals surface area contributed by atoms with Crippen molar-refractivity contribution >= 4 is 17.4 Å². The maximum Gasteiger partial charge on any atom is 0.322 e. The molecule has 0 atom stereocenters. The molecule has 0 radical (unpaired) electrons.